The zero-order valence-electron chi connectivity index (χ0n) is 10.8. The summed E-state index contributed by atoms with van der Waals surface area (Å²) in [5.74, 6) is -0.260. The van der Waals surface area contributed by atoms with Gasteiger partial charge in [-0.25, -0.2) is 0 Å². The highest BCUT2D eigenvalue weighted by Crippen LogP contribution is 2.23. The lowest BCUT2D eigenvalue weighted by atomic mass is 10.2. The van der Waals surface area contributed by atoms with E-state index in [4.69, 9.17) is 11.5 Å². The first-order chi connectivity index (χ1) is 9.06. The van der Waals surface area contributed by atoms with Crippen LogP contribution in [0.2, 0.25) is 0 Å². The maximum absolute atomic E-state index is 12.3. The average Bonchev–Trinajstić information content (AvgIpc) is 2.97. The van der Waals surface area contributed by atoms with E-state index in [0.29, 0.717) is 5.82 Å². The zero-order valence-corrected chi connectivity index (χ0v) is 10.8. The van der Waals surface area contributed by atoms with Crippen molar-refractivity contribution in [2.45, 2.75) is 38.3 Å². The Morgan fingerprint density at radius 2 is 2.11 bits per heavy atom. The van der Waals surface area contributed by atoms with E-state index in [9.17, 15) is 9.59 Å². The molecule has 0 spiro atoms. The Morgan fingerprint density at radius 1 is 1.42 bits per heavy atom. The molecule has 0 unspecified atom stereocenters. The number of hydrogen-bond acceptors (Lipinski definition) is 4. The fraction of sp³-hybridized carbons (Fsp3) is 0.583. The van der Waals surface area contributed by atoms with Gasteiger partial charge in [0.2, 0.25) is 11.8 Å². The number of nitrogens with zero attached hydrogens (tertiary/aromatic N) is 3. The highest BCUT2D eigenvalue weighted by molar-refractivity contribution is 5.84. The monoisotopic (exact) mass is 265 g/mol. The summed E-state index contributed by atoms with van der Waals surface area (Å²) >= 11 is 0. The van der Waals surface area contributed by atoms with Gasteiger partial charge in [0.05, 0.1) is 6.54 Å². The molecule has 0 aliphatic heterocycles. The first kappa shape index (κ1) is 13.4. The quantitative estimate of drug-likeness (QED) is 0.763. The molecule has 0 atom stereocenters. The van der Waals surface area contributed by atoms with Crippen LogP contribution in [0.3, 0.4) is 0 Å². The molecule has 104 valence electrons. The molecule has 19 heavy (non-hydrogen) atoms. The van der Waals surface area contributed by atoms with Gasteiger partial charge in [-0.2, -0.15) is 5.10 Å². The molecule has 1 aromatic heterocycles. The summed E-state index contributed by atoms with van der Waals surface area (Å²) in [6.45, 7) is 0.0568. The van der Waals surface area contributed by atoms with Crippen LogP contribution in [-0.2, 0) is 16.1 Å². The molecule has 0 saturated heterocycles. The van der Waals surface area contributed by atoms with Gasteiger partial charge in [0.25, 0.3) is 0 Å². The average molecular weight is 265 g/mol. The molecule has 0 aromatic carbocycles. The Bertz CT molecular complexity index is 464. The number of hydrogen-bond donors (Lipinski definition) is 2. The second kappa shape index (κ2) is 5.73. The highest BCUT2D eigenvalue weighted by atomic mass is 16.2. The van der Waals surface area contributed by atoms with Crippen molar-refractivity contribution in [2.75, 3.05) is 12.3 Å². The van der Waals surface area contributed by atoms with E-state index in [0.717, 1.165) is 25.7 Å². The third-order valence-corrected chi connectivity index (χ3v) is 3.37. The minimum absolute atomic E-state index is 0.0275. The fourth-order valence-electron chi connectivity index (χ4n) is 2.50. The number of carbonyl (C=O) groups is 2. The summed E-state index contributed by atoms with van der Waals surface area (Å²) in [6, 6.07) is 1.74. The van der Waals surface area contributed by atoms with Gasteiger partial charge < -0.3 is 16.4 Å². The van der Waals surface area contributed by atoms with E-state index in [2.05, 4.69) is 5.10 Å². The molecule has 1 fully saturated rings. The van der Waals surface area contributed by atoms with Crippen LogP contribution in [0.1, 0.15) is 25.7 Å². The standard InChI is InChI=1S/C12H19N5O2/c13-10-5-6-16(15-10)8-12(19)17(7-11(14)18)9-3-1-2-4-9/h5-6,9H,1-4,7-8H2,(H2,13,15)(H2,14,18). The summed E-state index contributed by atoms with van der Waals surface area (Å²) in [7, 11) is 0. The highest BCUT2D eigenvalue weighted by Gasteiger charge is 2.27. The van der Waals surface area contributed by atoms with Gasteiger partial charge in [-0.05, 0) is 18.9 Å². The molecule has 0 bridgehead atoms. The summed E-state index contributed by atoms with van der Waals surface area (Å²) in [5.41, 5.74) is 10.7. The van der Waals surface area contributed by atoms with Crippen LogP contribution in [0, 0.1) is 0 Å². The Hall–Kier alpha value is -2.05. The van der Waals surface area contributed by atoms with Gasteiger partial charge in [-0.15, -0.1) is 0 Å². The Kier molecular flexibility index (Phi) is 4.03. The van der Waals surface area contributed by atoms with Crippen molar-refractivity contribution in [1.82, 2.24) is 14.7 Å². The van der Waals surface area contributed by atoms with Gasteiger partial charge >= 0.3 is 0 Å². The van der Waals surface area contributed by atoms with Crippen molar-refractivity contribution >= 4 is 17.6 Å². The molecule has 1 aliphatic carbocycles. The van der Waals surface area contributed by atoms with E-state index in [1.807, 2.05) is 0 Å². The van der Waals surface area contributed by atoms with Crippen LogP contribution < -0.4 is 11.5 Å². The zero-order chi connectivity index (χ0) is 13.8. The van der Waals surface area contributed by atoms with Crippen LogP contribution >= 0.6 is 0 Å². The van der Waals surface area contributed by atoms with Crippen molar-refractivity contribution in [1.29, 1.82) is 0 Å². The number of anilines is 1. The molecular weight excluding hydrogens is 246 g/mol. The van der Waals surface area contributed by atoms with Crippen LogP contribution in [0.5, 0.6) is 0 Å². The summed E-state index contributed by atoms with van der Waals surface area (Å²) in [5, 5.41) is 3.97. The Morgan fingerprint density at radius 3 is 2.63 bits per heavy atom. The predicted molar refractivity (Wildman–Crippen MR) is 69.8 cm³/mol. The summed E-state index contributed by atoms with van der Waals surface area (Å²) in [6.07, 6.45) is 5.68. The van der Waals surface area contributed by atoms with Crippen molar-refractivity contribution in [3.05, 3.63) is 12.3 Å². The number of primary amides is 1. The Labute approximate surface area is 111 Å². The van der Waals surface area contributed by atoms with Gasteiger partial charge in [0.1, 0.15) is 12.4 Å². The molecule has 2 rings (SSSR count). The van der Waals surface area contributed by atoms with E-state index >= 15 is 0 Å². The van der Waals surface area contributed by atoms with E-state index in [1.165, 1.54) is 4.68 Å². The lowest BCUT2D eigenvalue weighted by Crippen LogP contribution is -2.45. The lowest BCUT2D eigenvalue weighted by Gasteiger charge is -2.27. The van der Waals surface area contributed by atoms with E-state index in [1.54, 1.807) is 17.2 Å². The molecular formula is C12H19N5O2. The van der Waals surface area contributed by atoms with Crippen molar-refractivity contribution < 1.29 is 9.59 Å². The molecule has 1 aliphatic rings. The van der Waals surface area contributed by atoms with Gasteiger partial charge in [-0.3, -0.25) is 14.3 Å². The van der Waals surface area contributed by atoms with E-state index in [-0.39, 0.29) is 25.0 Å². The molecule has 2 amide bonds. The first-order valence-electron chi connectivity index (χ1n) is 6.43. The third-order valence-electron chi connectivity index (χ3n) is 3.37. The summed E-state index contributed by atoms with van der Waals surface area (Å²) in [4.78, 5) is 25.0. The maximum atomic E-state index is 12.3. The number of carbonyl (C=O) groups excluding carboxylic acids is 2. The normalized spacial score (nSPS) is 15.6. The van der Waals surface area contributed by atoms with Gasteiger partial charge in [0, 0.05) is 12.2 Å². The molecule has 0 radical (unpaired) electrons. The molecule has 7 heteroatoms. The Balaban J connectivity index is 2.04. The maximum Gasteiger partial charge on any atom is 0.245 e. The minimum atomic E-state index is -0.486. The third kappa shape index (κ3) is 3.46. The minimum Gasteiger partial charge on any atom is -0.382 e. The van der Waals surface area contributed by atoms with Crippen LogP contribution in [-0.4, -0.2) is 39.1 Å². The molecule has 1 heterocycles. The molecule has 7 nitrogen and oxygen atoms in total. The lowest BCUT2D eigenvalue weighted by molar-refractivity contribution is -0.138. The second-order valence-corrected chi connectivity index (χ2v) is 4.86. The smallest absolute Gasteiger partial charge is 0.245 e. The topological polar surface area (TPSA) is 107 Å². The van der Waals surface area contributed by atoms with Crippen LogP contribution in [0.4, 0.5) is 5.82 Å². The molecule has 4 N–H and O–H groups in total. The fourth-order valence-corrected chi connectivity index (χ4v) is 2.50. The van der Waals surface area contributed by atoms with Crippen LogP contribution in [0.25, 0.3) is 0 Å². The number of rotatable bonds is 5. The first-order valence-corrected chi connectivity index (χ1v) is 6.43. The number of nitrogen functional groups attached to an aromatic ring is 1. The number of nitrogens with two attached hydrogens (primary N) is 2. The van der Waals surface area contributed by atoms with E-state index < -0.39 is 5.91 Å². The van der Waals surface area contributed by atoms with Gasteiger partial charge in [0.15, 0.2) is 0 Å². The second-order valence-electron chi connectivity index (χ2n) is 4.86. The van der Waals surface area contributed by atoms with Gasteiger partial charge in [-0.1, -0.05) is 12.8 Å². The van der Waals surface area contributed by atoms with Crippen molar-refractivity contribution in [3.8, 4) is 0 Å². The molecule has 1 aromatic rings. The number of aromatic nitrogens is 2. The molecule has 1 saturated carbocycles. The predicted octanol–water partition coefficient (Wildman–Crippen LogP) is -0.278. The van der Waals surface area contributed by atoms with Crippen molar-refractivity contribution in [2.24, 2.45) is 5.73 Å². The SMILES string of the molecule is NC(=O)CN(C(=O)Cn1ccc(N)n1)C1CCCC1. The van der Waals surface area contributed by atoms with Crippen molar-refractivity contribution in [3.63, 3.8) is 0 Å². The largest absolute Gasteiger partial charge is 0.382 e. The summed E-state index contributed by atoms with van der Waals surface area (Å²) < 4.78 is 1.47. The van der Waals surface area contributed by atoms with Crippen LogP contribution in [0.15, 0.2) is 12.3 Å². The number of amides is 2.